The average molecular weight is 371 g/mol. The van der Waals surface area contributed by atoms with Crippen molar-refractivity contribution in [2.24, 2.45) is 0 Å². The molecule has 0 spiro atoms. The van der Waals surface area contributed by atoms with Crippen molar-refractivity contribution in [1.82, 2.24) is 20.1 Å². The maximum Gasteiger partial charge on any atom is 0.255 e. The van der Waals surface area contributed by atoms with Gasteiger partial charge < -0.3 is 10.1 Å². The third-order valence-electron chi connectivity index (χ3n) is 3.96. The standard InChI is InChI=1S/C19H19ClN4O2/c1-3-17-16(12-23-24(17)15-6-4-5-14(20)9-15)19(25)22-11-13-7-8-18(26-2)21-10-13/h4-10,12H,3,11H2,1-2H3,(H,22,25). The summed E-state index contributed by atoms with van der Waals surface area (Å²) in [5, 5.41) is 7.89. The minimum Gasteiger partial charge on any atom is -0.481 e. The van der Waals surface area contributed by atoms with Crippen molar-refractivity contribution in [1.29, 1.82) is 0 Å². The van der Waals surface area contributed by atoms with Crippen LogP contribution in [0.5, 0.6) is 5.88 Å². The quantitative estimate of drug-likeness (QED) is 0.721. The third-order valence-corrected chi connectivity index (χ3v) is 4.20. The highest BCUT2D eigenvalue weighted by Gasteiger charge is 2.17. The Balaban J connectivity index is 1.77. The molecule has 0 fully saturated rings. The van der Waals surface area contributed by atoms with Crippen molar-refractivity contribution >= 4 is 17.5 Å². The second kappa shape index (κ2) is 8.01. The Kier molecular flexibility index (Phi) is 5.53. The molecule has 3 aromatic rings. The molecule has 0 saturated heterocycles. The average Bonchev–Trinajstić information content (AvgIpc) is 3.10. The predicted octanol–water partition coefficient (Wildman–Crippen LogP) is 3.42. The lowest BCUT2D eigenvalue weighted by Gasteiger charge is -2.09. The van der Waals surface area contributed by atoms with Gasteiger partial charge in [-0.1, -0.05) is 30.7 Å². The van der Waals surface area contributed by atoms with Crippen LogP contribution in [0, 0.1) is 0 Å². The summed E-state index contributed by atoms with van der Waals surface area (Å²) in [5.41, 5.74) is 3.10. The fourth-order valence-corrected chi connectivity index (χ4v) is 2.83. The third kappa shape index (κ3) is 3.86. The molecule has 0 bridgehead atoms. The van der Waals surface area contributed by atoms with Crippen molar-refractivity contribution in [2.45, 2.75) is 19.9 Å². The van der Waals surface area contributed by atoms with E-state index in [9.17, 15) is 4.79 Å². The number of aromatic nitrogens is 3. The van der Waals surface area contributed by atoms with E-state index in [1.165, 1.54) is 0 Å². The normalized spacial score (nSPS) is 10.6. The van der Waals surface area contributed by atoms with Gasteiger partial charge in [-0.25, -0.2) is 9.67 Å². The Labute approximate surface area is 156 Å². The monoisotopic (exact) mass is 370 g/mol. The fraction of sp³-hybridized carbons (Fsp3) is 0.211. The second-order valence-corrected chi connectivity index (χ2v) is 6.08. The van der Waals surface area contributed by atoms with Gasteiger partial charge in [0, 0.05) is 23.8 Å². The summed E-state index contributed by atoms with van der Waals surface area (Å²) in [5.74, 6) is 0.363. The summed E-state index contributed by atoms with van der Waals surface area (Å²) in [6, 6.07) is 11.0. The molecular formula is C19H19ClN4O2. The molecule has 0 saturated carbocycles. The Hall–Kier alpha value is -2.86. The summed E-state index contributed by atoms with van der Waals surface area (Å²) >= 11 is 6.06. The Bertz CT molecular complexity index is 906. The smallest absolute Gasteiger partial charge is 0.255 e. The fourth-order valence-electron chi connectivity index (χ4n) is 2.65. The summed E-state index contributed by atoms with van der Waals surface area (Å²) < 4.78 is 6.77. The number of pyridine rings is 1. The molecule has 6 nitrogen and oxygen atoms in total. The van der Waals surface area contributed by atoms with Gasteiger partial charge in [-0.3, -0.25) is 4.79 Å². The molecule has 134 valence electrons. The van der Waals surface area contributed by atoms with Gasteiger partial charge in [-0.15, -0.1) is 0 Å². The Morgan fingerprint density at radius 3 is 2.77 bits per heavy atom. The number of hydrogen-bond donors (Lipinski definition) is 1. The van der Waals surface area contributed by atoms with Crippen LogP contribution in [0.4, 0.5) is 0 Å². The number of halogens is 1. The van der Waals surface area contributed by atoms with Crippen LogP contribution in [0.15, 0.2) is 48.8 Å². The van der Waals surface area contributed by atoms with Crippen molar-refractivity contribution in [3.8, 4) is 11.6 Å². The summed E-state index contributed by atoms with van der Waals surface area (Å²) in [6.45, 7) is 2.36. The molecule has 0 unspecified atom stereocenters. The van der Waals surface area contributed by atoms with E-state index in [1.807, 2.05) is 31.2 Å². The number of methoxy groups -OCH3 is 1. The van der Waals surface area contributed by atoms with Crippen LogP contribution in [-0.4, -0.2) is 27.8 Å². The van der Waals surface area contributed by atoms with Gasteiger partial charge in [0.1, 0.15) is 0 Å². The number of rotatable bonds is 6. The number of ether oxygens (including phenoxy) is 1. The Morgan fingerprint density at radius 2 is 2.12 bits per heavy atom. The zero-order valence-electron chi connectivity index (χ0n) is 14.6. The van der Waals surface area contributed by atoms with Crippen molar-refractivity contribution in [2.75, 3.05) is 7.11 Å². The molecule has 1 aromatic carbocycles. The number of hydrogen-bond acceptors (Lipinski definition) is 4. The maximum atomic E-state index is 12.6. The molecule has 1 amide bonds. The first-order valence-corrected chi connectivity index (χ1v) is 8.60. The first kappa shape index (κ1) is 17.9. The molecule has 0 aliphatic rings. The zero-order valence-corrected chi connectivity index (χ0v) is 15.3. The Morgan fingerprint density at radius 1 is 1.27 bits per heavy atom. The van der Waals surface area contributed by atoms with E-state index in [2.05, 4.69) is 15.4 Å². The van der Waals surface area contributed by atoms with Crippen LogP contribution in [0.1, 0.15) is 28.5 Å². The van der Waals surface area contributed by atoms with Crippen molar-refractivity contribution in [3.05, 3.63) is 70.6 Å². The predicted molar refractivity (Wildman–Crippen MR) is 99.9 cm³/mol. The van der Waals surface area contributed by atoms with Gasteiger partial charge in [0.25, 0.3) is 5.91 Å². The SMILES string of the molecule is CCc1c(C(=O)NCc2ccc(OC)nc2)cnn1-c1cccc(Cl)c1. The lowest BCUT2D eigenvalue weighted by Crippen LogP contribution is -2.23. The zero-order chi connectivity index (χ0) is 18.5. The second-order valence-electron chi connectivity index (χ2n) is 5.64. The molecule has 0 aliphatic heterocycles. The minimum absolute atomic E-state index is 0.175. The lowest BCUT2D eigenvalue weighted by molar-refractivity contribution is 0.0950. The molecule has 0 radical (unpaired) electrons. The highest BCUT2D eigenvalue weighted by molar-refractivity contribution is 6.30. The van der Waals surface area contributed by atoms with E-state index in [0.29, 0.717) is 29.4 Å². The number of amides is 1. The van der Waals surface area contributed by atoms with Gasteiger partial charge in [0.2, 0.25) is 5.88 Å². The van der Waals surface area contributed by atoms with Gasteiger partial charge >= 0.3 is 0 Å². The largest absolute Gasteiger partial charge is 0.481 e. The van der Waals surface area contributed by atoms with Crippen LogP contribution in [0.3, 0.4) is 0 Å². The minimum atomic E-state index is -0.175. The summed E-state index contributed by atoms with van der Waals surface area (Å²) in [7, 11) is 1.56. The van der Waals surface area contributed by atoms with Gasteiger partial charge in [-0.2, -0.15) is 5.10 Å². The van der Waals surface area contributed by atoms with E-state index in [0.717, 1.165) is 16.9 Å². The summed E-state index contributed by atoms with van der Waals surface area (Å²) in [6.07, 6.45) is 3.93. The lowest BCUT2D eigenvalue weighted by atomic mass is 10.2. The topological polar surface area (TPSA) is 69.0 Å². The van der Waals surface area contributed by atoms with Crippen molar-refractivity contribution in [3.63, 3.8) is 0 Å². The number of benzene rings is 1. The van der Waals surface area contributed by atoms with Crippen LogP contribution in [0.2, 0.25) is 5.02 Å². The van der Waals surface area contributed by atoms with E-state index in [4.69, 9.17) is 16.3 Å². The molecule has 0 atom stereocenters. The van der Waals surface area contributed by atoms with Gasteiger partial charge in [0.05, 0.1) is 30.3 Å². The van der Waals surface area contributed by atoms with Crippen LogP contribution < -0.4 is 10.1 Å². The van der Waals surface area contributed by atoms with E-state index < -0.39 is 0 Å². The van der Waals surface area contributed by atoms with Crippen molar-refractivity contribution < 1.29 is 9.53 Å². The molecular weight excluding hydrogens is 352 g/mol. The van der Waals surface area contributed by atoms with Gasteiger partial charge in [-0.05, 0) is 30.2 Å². The molecule has 1 N–H and O–H groups in total. The van der Waals surface area contributed by atoms with Crippen LogP contribution in [0.25, 0.3) is 5.69 Å². The molecule has 26 heavy (non-hydrogen) atoms. The van der Waals surface area contributed by atoms with Gasteiger partial charge in [0.15, 0.2) is 0 Å². The maximum absolute atomic E-state index is 12.6. The highest BCUT2D eigenvalue weighted by Crippen LogP contribution is 2.19. The highest BCUT2D eigenvalue weighted by atomic mass is 35.5. The number of nitrogens with zero attached hydrogens (tertiary/aromatic N) is 3. The van der Waals surface area contributed by atoms with E-state index in [-0.39, 0.29) is 5.91 Å². The molecule has 2 aromatic heterocycles. The molecule has 0 aliphatic carbocycles. The van der Waals surface area contributed by atoms with Crippen LogP contribution >= 0.6 is 11.6 Å². The molecule has 7 heteroatoms. The first-order chi connectivity index (χ1) is 12.6. The molecule has 3 rings (SSSR count). The number of carbonyl (C=O) groups excluding carboxylic acids is 1. The summed E-state index contributed by atoms with van der Waals surface area (Å²) in [4.78, 5) is 16.7. The van der Waals surface area contributed by atoms with E-state index >= 15 is 0 Å². The molecule has 2 heterocycles. The number of nitrogens with one attached hydrogen (secondary N) is 1. The van der Waals surface area contributed by atoms with E-state index in [1.54, 1.807) is 36.3 Å². The number of carbonyl (C=O) groups is 1. The first-order valence-electron chi connectivity index (χ1n) is 8.22. The van der Waals surface area contributed by atoms with Crippen LogP contribution in [-0.2, 0) is 13.0 Å².